The lowest BCUT2D eigenvalue weighted by Gasteiger charge is -1.98. The standard InChI is InChI=1S/C11H16N2O2/c1-6(7(2)14)10-12-9(13-15-10)8-5-11(8,3)4/h6,8H,5H2,1-4H3. The van der Waals surface area contributed by atoms with E-state index in [2.05, 4.69) is 24.0 Å². The fourth-order valence-corrected chi connectivity index (χ4v) is 1.65. The average Bonchev–Trinajstić information content (AvgIpc) is 2.64. The molecular weight excluding hydrogens is 192 g/mol. The molecule has 1 fully saturated rings. The minimum absolute atomic E-state index is 0.0558. The zero-order valence-corrected chi connectivity index (χ0v) is 9.57. The summed E-state index contributed by atoms with van der Waals surface area (Å²) in [6.45, 7) is 7.69. The van der Waals surface area contributed by atoms with E-state index in [1.807, 2.05) is 0 Å². The van der Waals surface area contributed by atoms with Crippen molar-refractivity contribution in [3.63, 3.8) is 0 Å². The topological polar surface area (TPSA) is 56.0 Å². The molecule has 0 spiro atoms. The van der Waals surface area contributed by atoms with E-state index in [0.29, 0.717) is 17.2 Å². The van der Waals surface area contributed by atoms with Crippen LogP contribution in [0.1, 0.15) is 57.7 Å². The molecule has 1 saturated carbocycles. The second-order valence-electron chi connectivity index (χ2n) is 5.07. The van der Waals surface area contributed by atoms with Gasteiger partial charge in [0.05, 0.1) is 5.92 Å². The normalized spacial score (nSPS) is 24.9. The lowest BCUT2D eigenvalue weighted by molar-refractivity contribution is -0.118. The molecule has 0 aliphatic heterocycles. The van der Waals surface area contributed by atoms with Crippen LogP contribution < -0.4 is 0 Å². The first-order valence-electron chi connectivity index (χ1n) is 5.26. The number of rotatable bonds is 3. The van der Waals surface area contributed by atoms with Crippen LogP contribution in [0.25, 0.3) is 0 Å². The molecule has 2 rings (SSSR count). The summed E-state index contributed by atoms with van der Waals surface area (Å²) in [4.78, 5) is 15.4. The Kier molecular flexibility index (Phi) is 2.17. The van der Waals surface area contributed by atoms with Gasteiger partial charge in [0.25, 0.3) is 0 Å². The molecule has 4 nitrogen and oxygen atoms in total. The number of carbonyl (C=O) groups excluding carboxylic acids is 1. The van der Waals surface area contributed by atoms with Crippen LogP contribution in [-0.4, -0.2) is 15.9 Å². The van der Waals surface area contributed by atoms with Gasteiger partial charge < -0.3 is 4.52 Å². The van der Waals surface area contributed by atoms with Crippen molar-refractivity contribution >= 4 is 5.78 Å². The van der Waals surface area contributed by atoms with Crippen molar-refractivity contribution in [1.82, 2.24) is 10.1 Å². The van der Waals surface area contributed by atoms with Crippen LogP contribution in [0.15, 0.2) is 4.52 Å². The van der Waals surface area contributed by atoms with Crippen molar-refractivity contribution in [3.05, 3.63) is 11.7 Å². The maximum absolute atomic E-state index is 11.1. The van der Waals surface area contributed by atoms with E-state index < -0.39 is 0 Å². The predicted octanol–water partition coefficient (Wildman–Crippen LogP) is 2.28. The molecule has 0 saturated heterocycles. The number of carbonyl (C=O) groups is 1. The first kappa shape index (κ1) is 10.3. The molecule has 4 heteroatoms. The third-order valence-electron chi connectivity index (χ3n) is 3.26. The first-order chi connectivity index (χ1) is 6.92. The Morgan fingerprint density at radius 3 is 2.67 bits per heavy atom. The molecule has 1 aliphatic rings. The summed E-state index contributed by atoms with van der Waals surface area (Å²) in [6, 6.07) is 0. The Labute approximate surface area is 89.1 Å². The van der Waals surface area contributed by atoms with Crippen LogP contribution in [0.3, 0.4) is 0 Å². The summed E-state index contributed by atoms with van der Waals surface area (Å²) in [5.74, 6) is 1.37. The lowest BCUT2D eigenvalue weighted by Crippen LogP contribution is -2.04. The van der Waals surface area contributed by atoms with Crippen LogP contribution in [0, 0.1) is 5.41 Å². The molecule has 0 bridgehead atoms. The van der Waals surface area contributed by atoms with Gasteiger partial charge in [-0.2, -0.15) is 4.98 Å². The molecule has 0 amide bonds. The van der Waals surface area contributed by atoms with Gasteiger partial charge in [-0.25, -0.2) is 0 Å². The van der Waals surface area contributed by atoms with E-state index >= 15 is 0 Å². The Morgan fingerprint density at radius 1 is 1.60 bits per heavy atom. The van der Waals surface area contributed by atoms with Crippen molar-refractivity contribution in [2.24, 2.45) is 5.41 Å². The van der Waals surface area contributed by atoms with Gasteiger partial charge in [-0.05, 0) is 25.7 Å². The Morgan fingerprint density at radius 2 is 2.20 bits per heavy atom. The highest BCUT2D eigenvalue weighted by Gasteiger charge is 2.49. The van der Waals surface area contributed by atoms with Crippen molar-refractivity contribution in [1.29, 1.82) is 0 Å². The third-order valence-corrected chi connectivity index (χ3v) is 3.26. The number of hydrogen-bond acceptors (Lipinski definition) is 4. The maximum Gasteiger partial charge on any atom is 0.236 e. The highest BCUT2D eigenvalue weighted by molar-refractivity contribution is 5.81. The summed E-state index contributed by atoms with van der Waals surface area (Å²) in [7, 11) is 0. The van der Waals surface area contributed by atoms with Crippen LogP contribution in [0.2, 0.25) is 0 Å². The molecule has 1 aromatic heterocycles. The summed E-state index contributed by atoms with van der Waals surface area (Å²) in [5, 5.41) is 3.94. The number of nitrogens with zero attached hydrogens (tertiary/aromatic N) is 2. The Bertz CT molecular complexity index is 395. The van der Waals surface area contributed by atoms with Gasteiger partial charge in [0.2, 0.25) is 5.89 Å². The van der Waals surface area contributed by atoms with Crippen LogP contribution in [0.4, 0.5) is 0 Å². The van der Waals surface area contributed by atoms with Gasteiger partial charge in [-0.3, -0.25) is 4.79 Å². The quantitative estimate of drug-likeness (QED) is 0.764. The van der Waals surface area contributed by atoms with Crippen molar-refractivity contribution in [2.75, 3.05) is 0 Å². The van der Waals surface area contributed by atoms with Gasteiger partial charge in [-0.1, -0.05) is 19.0 Å². The molecule has 2 atom stereocenters. The zero-order chi connectivity index (χ0) is 11.2. The van der Waals surface area contributed by atoms with Gasteiger partial charge >= 0.3 is 0 Å². The summed E-state index contributed by atoms with van der Waals surface area (Å²) >= 11 is 0. The second-order valence-corrected chi connectivity index (χ2v) is 5.07. The van der Waals surface area contributed by atoms with Gasteiger partial charge in [0, 0.05) is 5.92 Å². The monoisotopic (exact) mass is 208 g/mol. The molecule has 1 aliphatic carbocycles. The molecule has 1 aromatic rings. The molecule has 15 heavy (non-hydrogen) atoms. The largest absolute Gasteiger partial charge is 0.339 e. The fourth-order valence-electron chi connectivity index (χ4n) is 1.65. The van der Waals surface area contributed by atoms with Gasteiger partial charge in [0.15, 0.2) is 5.82 Å². The Hall–Kier alpha value is -1.19. The van der Waals surface area contributed by atoms with Crippen LogP contribution in [0.5, 0.6) is 0 Å². The first-order valence-corrected chi connectivity index (χ1v) is 5.26. The summed E-state index contributed by atoms with van der Waals surface area (Å²) < 4.78 is 5.10. The van der Waals surface area contributed by atoms with E-state index in [-0.39, 0.29) is 11.7 Å². The average molecular weight is 208 g/mol. The molecule has 2 unspecified atom stereocenters. The highest BCUT2D eigenvalue weighted by Crippen LogP contribution is 2.57. The smallest absolute Gasteiger partial charge is 0.236 e. The minimum Gasteiger partial charge on any atom is -0.339 e. The lowest BCUT2D eigenvalue weighted by atomic mass is 10.1. The van der Waals surface area contributed by atoms with Crippen molar-refractivity contribution < 1.29 is 9.32 Å². The van der Waals surface area contributed by atoms with Gasteiger partial charge in [-0.15, -0.1) is 0 Å². The highest BCUT2D eigenvalue weighted by atomic mass is 16.5. The number of Topliss-reactive ketones (excluding diaryl/α,β-unsaturated/α-hetero) is 1. The van der Waals surface area contributed by atoms with Crippen molar-refractivity contribution in [3.8, 4) is 0 Å². The molecule has 82 valence electrons. The molecule has 0 aromatic carbocycles. The molecular formula is C11H16N2O2. The zero-order valence-electron chi connectivity index (χ0n) is 9.57. The number of hydrogen-bond donors (Lipinski definition) is 0. The van der Waals surface area contributed by atoms with E-state index in [0.717, 1.165) is 12.2 Å². The summed E-state index contributed by atoms with van der Waals surface area (Å²) in [5.41, 5.74) is 0.292. The number of aromatic nitrogens is 2. The van der Waals surface area contributed by atoms with E-state index in [1.54, 1.807) is 6.92 Å². The molecule has 0 N–H and O–H groups in total. The molecule has 1 heterocycles. The minimum atomic E-state index is -0.284. The summed E-state index contributed by atoms with van der Waals surface area (Å²) in [6.07, 6.45) is 1.10. The SMILES string of the molecule is CC(=O)C(C)c1nc(C2CC2(C)C)no1. The molecule has 0 radical (unpaired) electrons. The van der Waals surface area contributed by atoms with Crippen LogP contribution >= 0.6 is 0 Å². The van der Waals surface area contributed by atoms with Gasteiger partial charge in [0.1, 0.15) is 5.78 Å². The third kappa shape index (κ3) is 1.80. The van der Waals surface area contributed by atoms with E-state index in [1.165, 1.54) is 6.92 Å². The Balaban J connectivity index is 2.15. The van der Waals surface area contributed by atoms with Crippen LogP contribution in [-0.2, 0) is 4.79 Å². The second kappa shape index (κ2) is 3.15. The fraction of sp³-hybridized carbons (Fsp3) is 0.727. The number of ketones is 1. The van der Waals surface area contributed by atoms with E-state index in [9.17, 15) is 4.79 Å². The van der Waals surface area contributed by atoms with E-state index in [4.69, 9.17) is 4.52 Å². The predicted molar refractivity (Wildman–Crippen MR) is 54.5 cm³/mol. The maximum atomic E-state index is 11.1. The van der Waals surface area contributed by atoms with Crippen molar-refractivity contribution in [2.45, 2.75) is 46.0 Å².